The molecular weight excluding hydrogens is 292 g/mol. The molecule has 0 saturated heterocycles. The summed E-state index contributed by atoms with van der Waals surface area (Å²) in [5, 5.41) is 7.70. The maximum absolute atomic E-state index is 12.1. The predicted octanol–water partition coefficient (Wildman–Crippen LogP) is 1.59. The number of rotatable bonds is 4. The van der Waals surface area contributed by atoms with E-state index in [2.05, 4.69) is 5.32 Å². The van der Waals surface area contributed by atoms with Gasteiger partial charge in [-0.05, 0) is 30.3 Å². The van der Waals surface area contributed by atoms with Gasteiger partial charge in [0.2, 0.25) is 10.0 Å². The molecule has 0 unspecified atom stereocenters. The van der Waals surface area contributed by atoms with Crippen LogP contribution >= 0.6 is 0 Å². The van der Waals surface area contributed by atoms with Crippen molar-refractivity contribution in [2.75, 3.05) is 12.4 Å². The molecule has 6 nitrogen and oxygen atoms in total. The molecule has 110 valence electrons. The van der Waals surface area contributed by atoms with Crippen LogP contribution in [0.25, 0.3) is 0 Å². The third-order valence-electron chi connectivity index (χ3n) is 2.75. The number of hydrogen-bond donors (Lipinski definition) is 2. The van der Waals surface area contributed by atoms with Crippen molar-refractivity contribution in [1.82, 2.24) is 0 Å². The smallest absolute Gasteiger partial charge is 0.255 e. The number of methoxy groups -OCH3 is 1. The van der Waals surface area contributed by atoms with Gasteiger partial charge < -0.3 is 10.1 Å². The van der Waals surface area contributed by atoms with Gasteiger partial charge in [0.15, 0.2) is 0 Å². The second kappa shape index (κ2) is 5.94. The highest BCUT2D eigenvalue weighted by atomic mass is 32.2. The average Bonchev–Trinajstić information content (AvgIpc) is 2.46. The minimum absolute atomic E-state index is 0.110. The van der Waals surface area contributed by atoms with Crippen molar-refractivity contribution in [3.63, 3.8) is 0 Å². The molecule has 0 aliphatic carbocycles. The fraction of sp³-hybridized carbons (Fsp3) is 0.0714. The molecule has 0 aromatic heterocycles. The van der Waals surface area contributed by atoms with Crippen molar-refractivity contribution in [1.29, 1.82) is 0 Å². The maximum Gasteiger partial charge on any atom is 0.255 e. The minimum atomic E-state index is -3.84. The van der Waals surface area contributed by atoms with Crippen LogP contribution in [0.2, 0.25) is 0 Å². The Morgan fingerprint density at radius 1 is 1.14 bits per heavy atom. The Morgan fingerprint density at radius 3 is 2.52 bits per heavy atom. The monoisotopic (exact) mass is 306 g/mol. The molecule has 2 aromatic carbocycles. The number of sulfonamides is 1. The molecule has 0 aliphatic heterocycles. The summed E-state index contributed by atoms with van der Waals surface area (Å²) in [6.45, 7) is 0. The normalized spacial score (nSPS) is 11.0. The Balaban J connectivity index is 2.24. The van der Waals surface area contributed by atoms with Crippen LogP contribution in [0.1, 0.15) is 10.4 Å². The molecule has 0 radical (unpaired) electrons. The molecule has 0 saturated carbocycles. The molecule has 2 aromatic rings. The van der Waals surface area contributed by atoms with Gasteiger partial charge in [0.05, 0.1) is 12.0 Å². The standard InChI is InChI=1S/C14H14N2O4S/c1-20-12-6-3-5-11(9-12)16-14(17)10-4-2-7-13(8-10)21(15,18)19/h2-9H,1H3,(H,16,17)(H2,15,18,19). The van der Waals surface area contributed by atoms with Crippen molar-refractivity contribution >= 4 is 21.6 Å². The van der Waals surface area contributed by atoms with Crippen LogP contribution in [0.3, 0.4) is 0 Å². The van der Waals surface area contributed by atoms with E-state index in [1.165, 1.54) is 31.4 Å². The molecule has 0 spiro atoms. The number of nitrogens with two attached hydrogens (primary N) is 1. The molecule has 2 rings (SSSR count). The fourth-order valence-electron chi connectivity index (χ4n) is 1.72. The zero-order chi connectivity index (χ0) is 15.5. The summed E-state index contributed by atoms with van der Waals surface area (Å²) in [4.78, 5) is 12.0. The number of benzene rings is 2. The topological polar surface area (TPSA) is 98.5 Å². The van der Waals surface area contributed by atoms with Crippen molar-refractivity contribution in [2.24, 2.45) is 5.14 Å². The molecule has 0 bridgehead atoms. The lowest BCUT2D eigenvalue weighted by Gasteiger charge is -2.07. The van der Waals surface area contributed by atoms with Gasteiger partial charge in [0, 0.05) is 17.3 Å². The van der Waals surface area contributed by atoms with Gasteiger partial charge in [-0.1, -0.05) is 12.1 Å². The number of nitrogens with one attached hydrogen (secondary N) is 1. The first-order valence-electron chi connectivity index (χ1n) is 5.98. The maximum atomic E-state index is 12.1. The van der Waals surface area contributed by atoms with E-state index in [-0.39, 0.29) is 10.5 Å². The number of hydrogen-bond acceptors (Lipinski definition) is 4. The Morgan fingerprint density at radius 2 is 1.86 bits per heavy atom. The molecule has 21 heavy (non-hydrogen) atoms. The Hall–Kier alpha value is -2.38. The quantitative estimate of drug-likeness (QED) is 0.896. The highest BCUT2D eigenvalue weighted by Gasteiger charge is 2.12. The summed E-state index contributed by atoms with van der Waals surface area (Å²) in [6, 6.07) is 12.4. The molecular formula is C14H14N2O4S. The molecule has 0 aliphatic rings. The second-order valence-corrected chi connectivity index (χ2v) is 5.82. The van der Waals surface area contributed by atoms with E-state index >= 15 is 0 Å². The zero-order valence-corrected chi connectivity index (χ0v) is 12.1. The van der Waals surface area contributed by atoms with Crippen molar-refractivity contribution < 1.29 is 17.9 Å². The lowest BCUT2D eigenvalue weighted by atomic mass is 10.2. The predicted molar refractivity (Wildman–Crippen MR) is 78.8 cm³/mol. The van der Waals surface area contributed by atoms with Crippen LogP contribution in [0.15, 0.2) is 53.4 Å². The number of ether oxygens (including phenoxy) is 1. The van der Waals surface area contributed by atoms with Crippen LogP contribution in [0.5, 0.6) is 5.75 Å². The van der Waals surface area contributed by atoms with Crippen molar-refractivity contribution in [3.8, 4) is 5.75 Å². The van der Waals surface area contributed by atoms with E-state index in [4.69, 9.17) is 9.88 Å². The lowest BCUT2D eigenvalue weighted by Crippen LogP contribution is -2.15. The van der Waals surface area contributed by atoms with Crippen LogP contribution in [-0.4, -0.2) is 21.4 Å². The molecule has 0 atom stereocenters. The van der Waals surface area contributed by atoms with E-state index in [0.717, 1.165) is 0 Å². The summed E-state index contributed by atoms with van der Waals surface area (Å²) in [5.41, 5.74) is 0.740. The summed E-state index contributed by atoms with van der Waals surface area (Å²) in [7, 11) is -2.32. The van der Waals surface area contributed by atoms with Gasteiger partial charge in [-0.2, -0.15) is 0 Å². The van der Waals surface area contributed by atoms with Crippen LogP contribution in [0.4, 0.5) is 5.69 Å². The van der Waals surface area contributed by atoms with Crippen LogP contribution in [-0.2, 0) is 10.0 Å². The second-order valence-electron chi connectivity index (χ2n) is 4.26. The van der Waals surface area contributed by atoms with Crippen LogP contribution < -0.4 is 15.2 Å². The Bertz CT molecular complexity index is 772. The van der Waals surface area contributed by atoms with Crippen molar-refractivity contribution in [3.05, 3.63) is 54.1 Å². The van der Waals surface area contributed by atoms with Crippen molar-refractivity contribution in [2.45, 2.75) is 4.90 Å². The van der Waals surface area contributed by atoms with Gasteiger partial charge >= 0.3 is 0 Å². The minimum Gasteiger partial charge on any atom is -0.497 e. The third kappa shape index (κ3) is 3.80. The van der Waals surface area contributed by atoms with E-state index in [9.17, 15) is 13.2 Å². The molecule has 3 N–H and O–H groups in total. The Labute approximate surface area is 122 Å². The first-order chi connectivity index (χ1) is 9.90. The highest BCUT2D eigenvalue weighted by Crippen LogP contribution is 2.18. The van der Waals surface area contributed by atoms with E-state index in [1.54, 1.807) is 24.3 Å². The summed E-state index contributed by atoms with van der Waals surface area (Å²) >= 11 is 0. The van der Waals surface area contributed by atoms with Gasteiger partial charge in [0.25, 0.3) is 5.91 Å². The Kier molecular flexibility index (Phi) is 4.25. The van der Waals surface area contributed by atoms with Gasteiger partial charge in [-0.3, -0.25) is 4.79 Å². The van der Waals surface area contributed by atoms with Gasteiger partial charge in [0.1, 0.15) is 5.75 Å². The summed E-state index contributed by atoms with van der Waals surface area (Å²) in [6.07, 6.45) is 0. The van der Waals surface area contributed by atoms with Crippen LogP contribution in [0, 0.1) is 0 Å². The molecule has 7 heteroatoms. The van der Waals surface area contributed by atoms with Gasteiger partial charge in [-0.25, -0.2) is 13.6 Å². The third-order valence-corrected chi connectivity index (χ3v) is 3.66. The van der Waals surface area contributed by atoms with E-state index in [1.807, 2.05) is 0 Å². The molecule has 0 fully saturated rings. The number of amides is 1. The SMILES string of the molecule is COc1cccc(NC(=O)c2cccc(S(N)(=O)=O)c2)c1. The van der Waals surface area contributed by atoms with E-state index in [0.29, 0.717) is 11.4 Å². The summed E-state index contributed by atoms with van der Waals surface area (Å²) in [5.74, 6) is 0.167. The summed E-state index contributed by atoms with van der Waals surface area (Å²) < 4.78 is 27.6. The highest BCUT2D eigenvalue weighted by molar-refractivity contribution is 7.89. The lowest BCUT2D eigenvalue weighted by molar-refractivity contribution is 0.102. The first kappa shape index (κ1) is 15.0. The number of primary sulfonamides is 1. The number of carbonyl (C=O) groups is 1. The molecule has 1 amide bonds. The van der Waals surface area contributed by atoms with E-state index < -0.39 is 15.9 Å². The fourth-order valence-corrected chi connectivity index (χ4v) is 2.28. The average molecular weight is 306 g/mol. The number of anilines is 1. The first-order valence-corrected chi connectivity index (χ1v) is 7.53. The number of carbonyl (C=O) groups excluding carboxylic acids is 1. The largest absolute Gasteiger partial charge is 0.497 e. The zero-order valence-electron chi connectivity index (χ0n) is 11.2. The van der Waals surface area contributed by atoms with Gasteiger partial charge in [-0.15, -0.1) is 0 Å². The molecule has 0 heterocycles.